The summed E-state index contributed by atoms with van der Waals surface area (Å²) in [5.41, 5.74) is 3.78. The molecule has 0 fully saturated rings. The summed E-state index contributed by atoms with van der Waals surface area (Å²) < 4.78 is 5.75. The molecular formula is C15H15ClO. The first-order valence-electron chi connectivity index (χ1n) is 5.60. The van der Waals surface area contributed by atoms with Crippen LogP contribution in [0.3, 0.4) is 0 Å². The first-order chi connectivity index (χ1) is 8.16. The maximum atomic E-state index is 5.82. The van der Waals surface area contributed by atoms with Gasteiger partial charge in [-0.25, -0.2) is 0 Å². The van der Waals surface area contributed by atoms with Gasteiger partial charge < -0.3 is 4.74 Å². The quantitative estimate of drug-likeness (QED) is 0.773. The van der Waals surface area contributed by atoms with Crippen molar-refractivity contribution >= 4 is 11.6 Å². The van der Waals surface area contributed by atoms with Crippen molar-refractivity contribution in [1.82, 2.24) is 0 Å². The van der Waals surface area contributed by atoms with E-state index in [1.807, 2.05) is 24.3 Å². The highest BCUT2D eigenvalue weighted by molar-refractivity contribution is 6.30. The Hall–Kier alpha value is -1.47. The molecule has 2 heteroatoms. The Balaban J connectivity index is 2.10. The van der Waals surface area contributed by atoms with Crippen molar-refractivity contribution in [2.75, 3.05) is 0 Å². The van der Waals surface area contributed by atoms with Crippen molar-refractivity contribution in [3.8, 4) is 5.75 Å². The minimum atomic E-state index is 0.597. The molecule has 0 saturated heterocycles. The van der Waals surface area contributed by atoms with Crippen LogP contribution in [0.4, 0.5) is 0 Å². The highest BCUT2D eigenvalue weighted by atomic mass is 35.5. The van der Waals surface area contributed by atoms with E-state index in [1.54, 1.807) is 0 Å². The molecule has 0 amide bonds. The van der Waals surface area contributed by atoms with E-state index in [2.05, 4.69) is 32.0 Å². The van der Waals surface area contributed by atoms with Crippen LogP contribution < -0.4 is 4.74 Å². The van der Waals surface area contributed by atoms with Crippen LogP contribution in [0.5, 0.6) is 5.75 Å². The van der Waals surface area contributed by atoms with Gasteiger partial charge in [0, 0.05) is 5.02 Å². The summed E-state index contributed by atoms with van der Waals surface area (Å²) in [6, 6.07) is 13.7. The Labute approximate surface area is 107 Å². The van der Waals surface area contributed by atoms with Gasteiger partial charge in [0.05, 0.1) is 0 Å². The van der Waals surface area contributed by atoms with Gasteiger partial charge in [-0.1, -0.05) is 29.8 Å². The van der Waals surface area contributed by atoms with Crippen LogP contribution >= 0.6 is 11.6 Å². The molecule has 2 rings (SSSR count). The molecule has 0 aliphatic rings. The lowest BCUT2D eigenvalue weighted by molar-refractivity contribution is 0.304. The van der Waals surface area contributed by atoms with Crippen LogP contribution in [-0.4, -0.2) is 0 Å². The van der Waals surface area contributed by atoms with Gasteiger partial charge in [-0.3, -0.25) is 0 Å². The lowest BCUT2D eigenvalue weighted by Crippen LogP contribution is -2.00. The minimum absolute atomic E-state index is 0.597. The van der Waals surface area contributed by atoms with Gasteiger partial charge in [0.1, 0.15) is 12.4 Å². The van der Waals surface area contributed by atoms with E-state index in [4.69, 9.17) is 16.3 Å². The Morgan fingerprint density at radius 1 is 0.941 bits per heavy atom. The number of rotatable bonds is 3. The fraction of sp³-hybridized carbons (Fsp3) is 0.200. The third-order valence-corrected chi connectivity index (χ3v) is 3.09. The van der Waals surface area contributed by atoms with E-state index in [9.17, 15) is 0 Å². The van der Waals surface area contributed by atoms with E-state index in [-0.39, 0.29) is 0 Å². The molecule has 0 radical (unpaired) electrons. The van der Waals surface area contributed by atoms with Gasteiger partial charge >= 0.3 is 0 Å². The van der Waals surface area contributed by atoms with Gasteiger partial charge in [0.2, 0.25) is 0 Å². The van der Waals surface area contributed by atoms with Crippen molar-refractivity contribution in [3.63, 3.8) is 0 Å². The van der Waals surface area contributed by atoms with E-state index >= 15 is 0 Å². The predicted molar refractivity (Wildman–Crippen MR) is 71.7 cm³/mol. The van der Waals surface area contributed by atoms with Crippen LogP contribution in [0.2, 0.25) is 5.02 Å². The topological polar surface area (TPSA) is 9.23 Å². The molecule has 17 heavy (non-hydrogen) atoms. The molecule has 0 bridgehead atoms. The maximum Gasteiger partial charge on any atom is 0.119 e. The van der Waals surface area contributed by atoms with Crippen molar-refractivity contribution in [1.29, 1.82) is 0 Å². The molecule has 0 aliphatic carbocycles. The highest BCUT2D eigenvalue weighted by Crippen LogP contribution is 2.19. The molecule has 2 aromatic rings. The zero-order chi connectivity index (χ0) is 12.3. The molecule has 1 nitrogen and oxygen atoms in total. The monoisotopic (exact) mass is 246 g/mol. The lowest BCUT2D eigenvalue weighted by atomic mass is 10.0. The standard InChI is InChI=1S/C15H15ClO/c1-11-4-3-5-12(2)15(11)10-17-14-8-6-13(16)7-9-14/h3-9H,10H2,1-2H3. The minimum Gasteiger partial charge on any atom is -0.489 e. The van der Waals surface area contributed by atoms with Crippen LogP contribution in [0.25, 0.3) is 0 Å². The first kappa shape index (κ1) is 12.0. The molecule has 0 aromatic heterocycles. The summed E-state index contributed by atoms with van der Waals surface area (Å²) >= 11 is 5.82. The largest absolute Gasteiger partial charge is 0.489 e. The normalized spacial score (nSPS) is 10.3. The fourth-order valence-corrected chi connectivity index (χ4v) is 1.89. The summed E-state index contributed by atoms with van der Waals surface area (Å²) in [5, 5.41) is 0.726. The van der Waals surface area contributed by atoms with Crippen LogP contribution in [-0.2, 0) is 6.61 Å². The van der Waals surface area contributed by atoms with Gasteiger partial charge in [-0.2, -0.15) is 0 Å². The van der Waals surface area contributed by atoms with E-state index in [1.165, 1.54) is 16.7 Å². The smallest absolute Gasteiger partial charge is 0.119 e. The molecule has 0 unspecified atom stereocenters. The van der Waals surface area contributed by atoms with Gasteiger partial charge in [0.25, 0.3) is 0 Å². The third-order valence-electron chi connectivity index (χ3n) is 2.84. The van der Waals surface area contributed by atoms with E-state index in [0.29, 0.717) is 6.61 Å². The Morgan fingerprint density at radius 2 is 1.53 bits per heavy atom. The average Bonchev–Trinajstić information content (AvgIpc) is 2.31. The molecule has 0 N–H and O–H groups in total. The van der Waals surface area contributed by atoms with Crippen molar-refractivity contribution in [2.24, 2.45) is 0 Å². The number of hydrogen-bond donors (Lipinski definition) is 0. The lowest BCUT2D eigenvalue weighted by Gasteiger charge is -2.11. The van der Waals surface area contributed by atoms with Crippen LogP contribution in [0, 0.1) is 13.8 Å². The van der Waals surface area contributed by atoms with Crippen LogP contribution in [0.1, 0.15) is 16.7 Å². The number of ether oxygens (including phenoxy) is 1. The second-order valence-corrected chi connectivity index (χ2v) is 4.55. The van der Waals surface area contributed by atoms with Crippen molar-refractivity contribution in [2.45, 2.75) is 20.5 Å². The number of aryl methyl sites for hydroxylation is 2. The highest BCUT2D eigenvalue weighted by Gasteiger charge is 2.02. The molecule has 0 spiro atoms. The molecule has 0 aliphatic heterocycles. The zero-order valence-electron chi connectivity index (χ0n) is 10.0. The molecule has 0 heterocycles. The van der Waals surface area contributed by atoms with E-state index < -0.39 is 0 Å². The summed E-state index contributed by atoms with van der Waals surface area (Å²) in [5.74, 6) is 0.844. The van der Waals surface area contributed by atoms with Crippen molar-refractivity contribution in [3.05, 3.63) is 64.2 Å². The van der Waals surface area contributed by atoms with Crippen molar-refractivity contribution < 1.29 is 4.74 Å². The Bertz CT molecular complexity index is 483. The number of halogens is 1. The van der Waals surface area contributed by atoms with Gasteiger partial charge in [0.15, 0.2) is 0 Å². The van der Waals surface area contributed by atoms with Crippen LogP contribution in [0.15, 0.2) is 42.5 Å². The Kier molecular flexibility index (Phi) is 3.70. The molecule has 88 valence electrons. The fourth-order valence-electron chi connectivity index (χ4n) is 1.76. The summed E-state index contributed by atoms with van der Waals surface area (Å²) in [6.07, 6.45) is 0. The summed E-state index contributed by atoms with van der Waals surface area (Å²) in [6.45, 7) is 4.81. The average molecular weight is 247 g/mol. The van der Waals surface area contributed by atoms with E-state index in [0.717, 1.165) is 10.8 Å². The second-order valence-electron chi connectivity index (χ2n) is 4.11. The maximum absolute atomic E-state index is 5.82. The molecule has 0 atom stereocenters. The number of hydrogen-bond acceptors (Lipinski definition) is 1. The zero-order valence-corrected chi connectivity index (χ0v) is 10.8. The molecular weight excluding hydrogens is 232 g/mol. The van der Waals surface area contributed by atoms with Gasteiger partial charge in [-0.05, 0) is 54.8 Å². The Morgan fingerprint density at radius 3 is 2.12 bits per heavy atom. The second kappa shape index (κ2) is 5.24. The third kappa shape index (κ3) is 3.01. The van der Waals surface area contributed by atoms with Gasteiger partial charge in [-0.15, -0.1) is 0 Å². The SMILES string of the molecule is Cc1cccc(C)c1COc1ccc(Cl)cc1. The number of benzene rings is 2. The summed E-state index contributed by atoms with van der Waals surface area (Å²) in [4.78, 5) is 0. The predicted octanol–water partition coefficient (Wildman–Crippen LogP) is 4.54. The first-order valence-corrected chi connectivity index (χ1v) is 5.98. The molecule has 0 saturated carbocycles. The molecule has 2 aromatic carbocycles. The summed E-state index contributed by atoms with van der Waals surface area (Å²) in [7, 11) is 0.